The molecule has 2 aromatic rings. The van der Waals surface area contributed by atoms with Crippen LogP contribution < -0.4 is 10.9 Å². The molecule has 0 aliphatic rings. The fourth-order valence-corrected chi connectivity index (χ4v) is 2.26. The third-order valence-electron chi connectivity index (χ3n) is 3.39. The number of phenolic OH excluding ortho intramolecular Hbond substituents is 2. The van der Waals surface area contributed by atoms with E-state index in [1.165, 1.54) is 6.07 Å². The molecule has 0 saturated heterocycles. The third-order valence-corrected chi connectivity index (χ3v) is 3.39. The molecule has 22 heavy (non-hydrogen) atoms. The summed E-state index contributed by atoms with van der Waals surface area (Å²) >= 11 is 0. The first-order valence-electron chi connectivity index (χ1n) is 7.04. The molecule has 0 saturated carbocycles. The van der Waals surface area contributed by atoms with Gasteiger partial charge in [-0.25, -0.2) is 4.79 Å². The summed E-state index contributed by atoms with van der Waals surface area (Å²) in [5, 5.41) is 22.4. The van der Waals surface area contributed by atoms with Gasteiger partial charge in [0.2, 0.25) is 5.91 Å². The van der Waals surface area contributed by atoms with Crippen molar-refractivity contribution in [1.82, 2.24) is 5.32 Å². The SMILES string of the molecule is Cc1c(CC(=O)NCC(C)C)c(=O)oc2cc(O)cc(O)c12. The minimum absolute atomic E-state index is 0.0892. The monoisotopic (exact) mass is 305 g/mol. The van der Waals surface area contributed by atoms with Crippen LogP contribution >= 0.6 is 0 Å². The lowest BCUT2D eigenvalue weighted by atomic mass is 10.0. The van der Waals surface area contributed by atoms with E-state index in [1.807, 2.05) is 13.8 Å². The number of hydrogen-bond acceptors (Lipinski definition) is 5. The highest BCUT2D eigenvalue weighted by Crippen LogP contribution is 2.32. The zero-order chi connectivity index (χ0) is 16.4. The Bertz CT molecular complexity index is 776. The van der Waals surface area contributed by atoms with Crippen molar-refractivity contribution < 1.29 is 19.4 Å². The van der Waals surface area contributed by atoms with E-state index >= 15 is 0 Å². The highest BCUT2D eigenvalue weighted by molar-refractivity contribution is 5.89. The zero-order valence-electron chi connectivity index (χ0n) is 12.8. The van der Waals surface area contributed by atoms with Gasteiger partial charge in [0.05, 0.1) is 17.4 Å². The highest BCUT2D eigenvalue weighted by Gasteiger charge is 2.17. The van der Waals surface area contributed by atoms with E-state index in [4.69, 9.17) is 4.42 Å². The Morgan fingerprint density at radius 2 is 2.00 bits per heavy atom. The van der Waals surface area contributed by atoms with E-state index in [1.54, 1.807) is 6.92 Å². The van der Waals surface area contributed by atoms with Gasteiger partial charge in [0.1, 0.15) is 17.1 Å². The summed E-state index contributed by atoms with van der Waals surface area (Å²) < 4.78 is 5.11. The van der Waals surface area contributed by atoms with E-state index < -0.39 is 5.63 Å². The number of fused-ring (bicyclic) bond motifs is 1. The minimum Gasteiger partial charge on any atom is -0.508 e. The summed E-state index contributed by atoms with van der Waals surface area (Å²) in [5.41, 5.74) is 0.124. The number of carbonyl (C=O) groups is 1. The molecular weight excluding hydrogens is 286 g/mol. The first-order valence-corrected chi connectivity index (χ1v) is 7.04. The molecule has 118 valence electrons. The number of aryl methyl sites for hydroxylation is 1. The van der Waals surface area contributed by atoms with Gasteiger partial charge in [-0.2, -0.15) is 0 Å². The molecule has 0 aliphatic carbocycles. The number of carbonyl (C=O) groups excluding carboxylic acids is 1. The van der Waals surface area contributed by atoms with Gasteiger partial charge in [0.25, 0.3) is 0 Å². The van der Waals surface area contributed by atoms with Crippen LogP contribution in [0.4, 0.5) is 0 Å². The summed E-state index contributed by atoms with van der Waals surface area (Å²) in [7, 11) is 0. The van der Waals surface area contributed by atoms with Gasteiger partial charge in [-0.1, -0.05) is 13.8 Å². The molecule has 0 aliphatic heterocycles. The van der Waals surface area contributed by atoms with Crippen LogP contribution in [0.5, 0.6) is 11.5 Å². The van der Waals surface area contributed by atoms with E-state index in [-0.39, 0.29) is 35.0 Å². The molecule has 0 atom stereocenters. The molecule has 0 unspecified atom stereocenters. The lowest BCUT2D eigenvalue weighted by Crippen LogP contribution is -2.30. The molecule has 1 aromatic heterocycles. The Morgan fingerprint density at radius 1 is 1.32 bits per heavy atom. The van der Waals surface area contributed by atoms with Crippen LogP contribution in [0.15, 0.2) is 21.3 Å². The number of aromatic hydroxyl groups is 2. The summed E-state index contributed by atoms with van der Waals surface area (Å²) in [6.45, 7) is 6.11. The topological polar surface area (TPSA) is 99.8 Å². The van der Waals surface area contributed by atoms with Crippen molar-refractivity contribution in [2.24, 2.45) is 5.92 Å². The van der Waals surface area contributed by atoms with Crippen molar-refractivity contribution in [2.75, 3.05) is 6.54 Å². The van der Waals surface area contributed by atoms with Gasteiger partial charge in [-0.3, -0.25) is 4.79 Å². The molecule has 1 aromatic carbocycles. The van der Waals surface area contributed by atoms with Gasteiger partial charge < -0.3 is 19.9 Å². The number of hydrogen-bond donors (Lipinski definition) is 3. The molecular formula is C16H19NO5. The Morgan fingerprint density at radius 3 is 2.64 bits per heavy atom. The molecule has 1 amide bonds. The zero-order valence-corrected chi connectivity index (χ0v) is 12.8. The molecule has 6 nitrogen and oxygen atoms in total. The molecule has 0 radical (unpaired) electrons. The second-order valence-electron chi connectivity index (χ2n) is 5.71. The van der Waals surface area contributed by atoms with Gasteiger partial charge in [-0.15, -0.1) is 0 Å². The van der Waals surface area contributed by atoms with E-state index in [9.17, 15) is 19.8 Å². The van der Waals surface area contributed by atoms with Crippen LogP contribution in [0.25, 0.3) is 11.0 Å². The summed E-state index contributed by atoms with van der Waals surface area (Å²) in [5.74, 6) is -0.359. The van der Waals surface area contributed by atoms with Gasteiger partial charge in [0, 0.05) is 18.7 Å². The largest absolute Gasteiger partial charge is 0.508 e. The summed E-state index contributed by atoms with van der Waals surface area (Å²) in [4.78, 5) is 23.9. The van der Waals surface area contributed by atoms with Crippen molar-refractivity contribution in [2.45, 2.75) is 27.2 Å². The molecule has 0 bridgehead atoms. The van der Waals surface area contributed by atoms with Gasteiger partial charge >= 0.3 is 5.63 Å². The minimum atomic E-state index is -0.644. The van der Waals surface area contributed by atoms with Crippen LogP contribution in [0.3, 0.4) is 0 Å². The second kappa shape index (κ2) is 6.09. The number of rotatable bonds is 4. The number of nitrogens with one attached hydrogen (secondary N) is 1. The smallest absolute Gasteiger partial charge is 0.340 e. The van der Waals surface area contributed by atoms with Crippen LogP contribution in [-0.2, 0) is 11.2 Å². The highest BCUT2D eigenvalue weighted by atomic mass is 16.4. The number of amides is 1. The molecule has 0 spiro atoms. The normalized spacial score (nSPS) is 11.1. The lowest BCUT2D eigenvalue weighted by Gasteiger charge is -2.11. The van der Waals surface area contributed by atoms with Crippen molar-refractivity contribution in [1.29, 1.82) is 0 Å². The fourth-order valence-electron chi connectivity index (χ4n) is 2.26. The quantitative estimate of drug-likeness (QED) is 0.748. The third kappa shape index (κ3) is 3.21. The predicted octanol–water partition coefficient (Wildman–Crippen LogP) is 1.83. The maximum absolute atomic E-state index is 12.0. The number of phenols is 2. The molecule has 0 fully saturated rings. The average molecular weight is 305 g/mol. The standard InChI is InChI=1S/C16H19NO5/c1-8(2)7-17-14(20)6-11-9(3)15-12(19)4-10(18)5-13(15)22-16(11)21/h4-5,8,18-19H,6-7H2,1-3H3,(H,17,20). The number of benzene rings is 1. The van der Waals surface area contributed by atoms with Crippen LogP contribution in [0.2, 0.25) is 0 Å². The van der Waals surface area contributed by atoms with Crippen molar-refractivity contribution in [3.8, 4) is 11.5 Å². The average Bonchev–Trinajstić information content (AvgIpc) is 2.40. The van der Waals surface area contributed by atoms with Gasteiger partial charge in [0.15, 0.2) is 0 Å². The molecule has 6 heteroatoms. The maximum atomic E-state index is 12.0. The molecule has 3 N–H and O–H groups in total. The lowest BCUT2D eigenvalue weighted by molar-refractivity contribution is -0.120. The van der Waals surface area contributed by atoms with Crippen molar-refractivity contribution in [3.05, 3.63) is 33.7 Å². The van der Waals surface area contributed by atoms with Crippen molar-refractivity contribution >= 4 is 16.9 Å². The Labute approximate surface area is 127 Å². The van der Waals surface area contributed by atoms with Gasteiger partial charge in [-0.05, 0) is 18.4 Å². The van der Waals surface area contributed by atoms with Crippen LogP contribution in [0, 0.1) is 12.8 Å². The van der Waals surface area contributed by atoms with Crippen molar-refractivity contribution in [3.63, 3.8) is 0 Å². The van der Waals surface area contributed by atoms with E-state index in [2.05, 4.69) is 5.32 Å². The van der Waals surface area contributed by atoms with Crippen LogP contribution in [0.1, 0.15) is 25.0 Å². The Balaban J connectivity index is 2.43. The summed E-state index contributed by atoms with van der Waals surface area (Å²) in [6.07, 6.45) is -0.114. The Kier molecular flexibility index (Phi) is 4.40. The first-order chi connectivity index (χ1) is 10.3. The Hall–Kier alpha value is -2.50. The predicted molar refractivity (Wildman–Crippen MR) is 82.1 cm³/mol. The summed E-state index contributed by atoms with van der Waals surface area (Å²) in [6, 6.07) is 2.42. The van der Waals surface area contributed by atoms with E-state index in [0.717, 1.165) is 6.07 Å². The van der Waals surface area contributed by atoms with Crippen LogP contribution in [-0.4, -0.2) is 22.7 Å². The first kappa shape index (κ1) is 15.9. The maximum Gasteiger partial charge on any atom is 0.340 e. The molecule has 1 heterocycles. The molecule has 2 rings (SSSR count). The van der Waals surface area contributed by atoms with E-state index in [0.29, 0.717) is 23.4 Å². The fraction of sp³-hybridized carbons (Fsp3) is 0.375. The second-order valence-corrected chi connectivity index (χ2v) is 5.71.